The second kappa shape index (κ2) is 7.58. The second-order valence-corrected chi connectivity index (χ2v) is 7.18. The number of nitrogens with one attached hydrogen (secondary N) is 1. The quantitative estimate of drug-likeness (QED) is 0.892. The average Bonchev–Trinajstić information content (AvgIpc) is 2.46. The van der Waals surface area contributed by atoms with Crippen LogP contribution in [0.3, 0.4) is 0 Å². The Morgan fingerprint density at radius 1 is 1.12 bits per heavy atom. The Hall–Kier alpha value is -2.20. The molecule has 0 aliphatic carbocycles. The van der Waals surface area contributed by atoms with E-state index in [0.29, 0.717) is 6.54 Å². The van der Waals surface area contributed by atoms with E-state index in [1.165, 1.54) is 17.7 Å². The largest absolute Gasteiger partial charge is 0.325 e. The third kappa shape index (κ3) is 5.46. The molecule has 2 rings (SSSR count). The summed E-state index contributed by atoms with van der Waals surface area (Å²) < 4.78 is 13.2. The lowest BCUT2D eigenvalue weighted by atomic mass is 9.87. The van der Waals surface area contributed by atoms with Crippen molar-refractivity contribution in [2.75, 3.05) is 18.9 Å². The molecule has 1 amide bonds. The Balaban J connectivity index is 1.88. The highest BCUT2D eigenvalue weighted by atomic mass is 19.1. The summed E-state index contributed by atoms with van der Waals surface area (Å²) in [6.07, 6.45) is 0. The molecular formula is C20H25FN2O. The van der Waals surface area contributed by atoms with Crippen LogP contribution in [0.15, 0.2) is 48.5 Å². The molecule has 128 valence electrons. The van der Waals surface area contributed by atoms with E-state index in [1.54, 1.807) is 6.07 Å². The summed E-state index contributed by atoms with van der Waals surface area (Å²) in [6, 6.07) is 14.3. The number of halogens is 1. The zero-order valence-electron chi connectivity index (χ0n) is 14.8. The standard InChI is InChI=1S/C20H25FN2O/c1-20(2,3)16-8-10-18(11-9-16)22-19(24)14-23(4)13-15-6-5-7-17(21)12-15/h5-12H,13-14H2,1-4H3,(H,22,24). The summed E-state index contributed by atoms with van der Waals surface area (Å²) in [5.41, 5.74) is 2.95. The van der Waals surface area contributed by atoms with Crippen LogP contribution in [0.2, 0.25) is 0 Å². The van der Waals surface area contributed by atoms with E-state index < -0.39 is 0 Å². The molecule has 1 N–H and O–H groups in total. The number of nitrogens with zero attached hydrogens (tertiary/aromatic N) is 1. The van der Waals surface area contributed by atoms with Gasteiger partial charge in [0.25, 0.3) is 0 Å². The van der Waals surface area contributed by atoms with Crippen LogP contribution in [0, 0.1) is 5.82 Å². The molecule has 0 spiro atoms. The first-order valence-corrected chi connectivity index (χ1v) is 8.07. The summed E-state index contributed by atoms with van der Waals surface area (Å²) in [5.74, 6) is -0.346. The van der Waals surface area contributed by atoms with Gasteiger partial charge in [0, 0.05) is 12.2 Å². The van der Waals surface area contributed by atoms with Gasteiger partial charge in [-0.1, -0.05) is 45.0 Å². The monoisotopic (exact) mass is 328 g/mol. The predicted octanol–water partition coefficient (Wildman–Crippen LogP) is 4.19. The topological polar surface area (TPSA) is 32.3 Å². The molecule has 0 aromatic heterocycles. The summed E-state index contributed by atoms with van der Waals surface area (Å²) in [7, 11) is 1.84. The van der Waals surface area contributed by atoms with Gasteiger partial charge < -0.3 is 5.32 Å². The summed E-state index contributed by atoms with van der Waals surface area (Å²) in [4.78, 5) is 14.0. The summed E-state index contributed by atoms with van der Waals surface area (Å²) in [6.45, 7) is 7.23. The molecule has 2 aromatic carbocycles. The number of hydrogen-bond acceptors (Lipinski definition) is 2. The maximum atomic E-state index is 13.2. The van der Waals surface area contributed by atoms with Crippen LogP contribution in [0.25, 0.3) is 0 Å². The van der Waals surface area contributed by atoms with Gasteiger partial charge in [0.05, 0.1) is 6.54 Å². The lowest BCUT2D eigenvalue weighted by Gasteiger charge is -2.19. The summed E-state index contributed by atoms with van der Waals surface area (Å²) >= 11 is 0. The molecule has 0 unspecified atom stereocenters. The van der Waals surface area contributed by atoms with Gasteiger partial charge in [0.1, 0.15) is 5.82 Å². The number of rotatable bonds is 5. The van der Waals surface area contributed by atoms with Crippen molar-refractivity contribution in [2.24, 2.45) is 0 Å². The van der Waals surface area contributed by atoms with E-state index in [-0.39, 0.29) is 23.7 Å². The van der Waals surface area contributed by atoms with E-state index in [9.17, 15) is 9.18 Å². The molecule has 0 bridgehead atoms. The molecule has 0 radical (unpaired) electrons. The highest BCUT2D eigenvalue weighted by molar-refractivity contribution is 5.92. The van der Waals surface area contributed by atoms with Gasteiger partial charge >= 0.3 is 0 Å². The molecule has 0 fully saturated rings. The smallest absolute Gasteiger partial charge is 0.238 e. The van der Waals surface area contributed by atoms with Crippen LogP contribution in [-0.2, 0) is 16.8 Å². The SMILES string of the molecule is CN(CC(=O)Nc1ccc(C(C)(C)C)cc1)Cc1cccc(F)c1. The first kappa shape index (κ1) is 18.1. The third-order valence-corrected chi connectivity index (χ3v) is 3.79. The molecule has 24 heavy (non-hydrogen) atoms. The van der Waals surface area contributed by atoms with Crippen molar-refractivity contribution < 1.29 is 9.18 Å². The van der Waals surface area contributed by atoms with Crippen molar-refractivity contribution in [3.8, 4) is 0 Å². The van der Waals surface area contributed by atoms with E-state index in [4.69, 9.17) is 0 Å². The number of carbonyl (C=O) groups excluding carboxylic acids is 1. The maximum absolute atomic E-state index is 13.2. The fourth-order valence-electron chi connectivity index (χ4n) is 2.50. The van der Waals surface area contributed by atoms with Gasteiger partial charge in [-0.25, -0.2) is 4.39 Å². The number of hydrogen-bond donors (Lipinski definition) is 1. The van der Waals surface area contributed by atoms with Crippen molar-refractivity contribution in [3.05, 3.63) is 65.5 Å². The zero-order chi connectivity index (χ0) is 17.7. The fraction of sp³-hybridized carbons (Fsp3) is 0.350. The minimum Gasteiger partial charge on any atom is -0.325 e. The normalized spacial score (nSPS) is 11.6. The number of anilines is 1. The van der Waals surface area contributed by atoms with Gasteiger partial charge in [-0.2, -0.15) is 0 Å². The summed E-state index contributed by atoms with van der Waals surface area (Å²) in [5, 5.41) is 2.89. The third-order valence-electron chi connectivity index (χ3n) is 3.79. The first-order valence-electron chi connectivity index (χ1n) is 8.07. The molecule has 0 saturated carbocycles. The minimum atomic E-state index is -0.260. The number of benzene rings is 2. The second-order valence-electron chi connectivity index (χ2n) is 7.18. The van der Waals surface area contributed by atoms with Crippen molar-refractivity contribution in [1.29, 1.82) is 0 Å². The molecule has 3 nitrogen and oxygen atoms in total. The van der Waals surface area contributed by atoms with Gasteiger partial charge in [-0.15, -0.1) is 0 Å². The highest BCUT2D eigenvalue weighted by Gasteiger charge is 2.13. The fourth-order valence-corrected chi connectivity index (χ4v) is 2.50. The minimum absolute atomic E-state index is 0.0857. The molecule has 0 saturated heterocycles. The van der Waals surface area contributed by atoms with Crippen molar-refractivity contribution in [1.82, 2.24) is 4.90 Å². The van der Waals surface area contributed by atoms with Gasteiger partial charge in [-0.3, -0.25) is 9.69 Å². The molecule has 4 heteroatoms. The predicted molar refractivity (Wildman–Crippen MR) is 96.5 cm³/mol. The average molecular weight is 328 g/mol. The highest BCUT2D eigenvalue weighted by Crippen LogP contribution is 2.23. The Labute approximate surface area is 143 Å². The van der Waals surface area contributed by atoms with Gasteiger partial charge in [-0.05, 0) is 47.9 Å². The molecular weight excluding hydrogens is 303 g/mol. The van der Waals surface area contributed by atoms with Crippen molar-refractivity contribution in [3.63, 3.8) is 0 Å². The van der Waals surface area contributed by atoms with Crippen molar-refractivity contribution >= 4 is 11.6 Å². The Morgan fingerprint density at radius 2 is 1.79 bits per heavy atom. The van der Waals surface area contributed by atoms with Crippen LogP contribution in [0.5, 0.6) is 0 Å². The van der Waals surface area contributed by atoms with Crippen LogP contribution in [-0.4, -0.2) is 24.4 Å². The molecule has 0 heterocycles. The van der Waals surface area contributed by atoms with Crippen LogP contribution < -0.4 is 5.32 Å². The molecule has 2 aromatic rings. The first-order chi connectivity index (χ1) is 11.2. The number of likely N-dealkylation sites (N-methyl/N-ethyl adjacent to an activating group) is 1. The van der Waals surface area contributed by atoms with E-state index in [2.05, 4.69) is 26.1 Å². The number of amides is 1. The maximum Gasteiger partial charge on any atom is 0.238 e. The zero-order valence-corrected chi connectivity index (χ0v) is 14.8. The Bertz CT molecular complexity index is 690. The van der Waals surface area contributed by atoms with Gasteiger partial charge in [0.15, 0.2) is 0 Å². The van der Waals surface area contributed by atoms with Crippen LogP contribution in [0.4, 0.5) is 10.1 Å². The molecule has 0 aliphatic rings. The number of carbonyl (C=O) groups is 1. The van der Waals surface area contributed by atoms with Crippen LogP contribution >= 0.6 is 0 Å². The van der Waals surface area contributed by atoms with Crippen molar-refractivity contribution in [2.45, 2.75) is 32.7 Å². The molecule has 0 atom stereocenters. The van der Waals surface area contributed by atoms with E-state index in [0.717, 1.165) is 11.3 Å². The van der Waals surface area contributed by atoms with E-state index in [1.807, 2.05) is 42.3 Å². The van der Waals surface area contributed by atoms with Gasteiger partial charge in [0.2, 0.25) is 5.91 Å². The van der Waals surface area contributed by atoms with Crippen LogP contribution in [0.1, 0.15) is 31.9 Å². The lowest BCUT2D eigenvalue weighted by molar-refractivity contribution is -0.117. The Kier molecular flexibility index (Phi) is 5.73. The van der Waals surface area contributed by atoms with E-state index >= 15 is 0 Å². The Morgan fingerprint density at radius 3 is 2.38 bits per heavy atom. The molecule has 0 aliphatic heterocycles. The lowest BCUT2D eigenvalue weighted by Crippen LogP contribution is -2.29.